The number of likely N-dealkylation sites (tertiary alicyclic amines) is 1. The summed E-state index contributed by atoms with van der Waals surface area (Å²) < 4.78 is 7.32. The Bertz CT molecular complexity index is 921. The highest BCUT2D eigenvalue weighted by Gasteiger charge is 2.34. The van der Waals surface area contributed by atoms with Gasteiger partial charge in [-0.15, -0.1) is 0 Å². The average Bonchev–Trinajstić information content (AvgIpc) is 3.26. The number of fused-ring (bicyclic) bond motifs is 1. The first kappa shape index (κ1) is 15.9. The van der Waals surface area contributed by atoms with E-state index < -0.39 is 0 Å². The molecule has 4 heterocycles. The van der Waals surface area contributed by atoms with Crippen molar-refractivity contribution in [1.82, 2.24) is 19.4 Å². The Labute approximate surface area is 146 Å². The number of hydrogen-bond donors (Lipinski definition) is 0. The Balaban J connectivity index is 1.63. The molecule has 1 fully saturated rings. The zero-order valence-corrected chi connectivity index (χ0v) is 14.8. The molecule has 0 N–H and O–H groups in total. The largest absolute Gasteiger partial charge is 0.361 e. The molecule has 0 bridgehead atoms. The van der Waals surface area contributed by atoms with Gasteiger partial charge in [0.15, 0.2) is 0 Å². The van der Waals surface area contributed by atoms with Gasteiger partial charge in [0.2, 0.25) is 5.91 Å². The van der Waals surface area contributed by atoms with E-state index in [0.717, 1.165) is 53.4 Å². The van der Waals surface area contributed by atoms with Gasteiger partial charge in [-0.05, 0) is 45.7 Å². The van der Waals surface area contributed by atoms with Crippen molar-refractivity contribution in [3.8, 4) is 0 Å². The minimum atomic E-state index is 0.0678. The van der Waals surface area contributed by atoms with Crippen molar-refractivity contribution in [2.45, 2.75) is 46.1 Å². The van der Waals surface area contributed by atoms with Crippen LogP contribution in [0.2, 0.25) is 0 Å². The van der Waals surface area contributed by atoms with Crippen LogP contribution in [-0.4, -0.2) is 31.9 Å². The Hall–Kier alpha value is -2.63. The molecule has 1 aliphatic heterocycles. The van der Waals surface area contributed by atoms with Gasteiger partial charge in [0.1, 0.15) is 11.4 Å². The van der Waals surface area contributed by atoms with E-state index in [1.165, 1.54) is 0 Å². The van der Waals surface area contributed by atoms with Crippen molar-refractivity contribution in [3.05, 3.63) is 52.8 Å². The minimum absolute atomic E-state index is 0.0678. The van der Waals surface area contributed by atoms with Crippen molar-refractivity contribution in [3.63, 3.8) is 0 Å². The fourth-order valence-electron chi connectivity index (χ4n) is 3.95. The zero-order valence-electron chi connectivity index (χ0n) is 14.8. The molecule has 25 heavy (non-hydrogen) atoms. The maximum absolute atomic E-state index is 13.1. The Morgan fingerprint density at radius 2 is 2.12 bits per heavy atom. The summed E-state index contributed by atoms with van der Waals surface area (Å²) in [6.07, 6.45) is 4.29. The maximum Gasteiger partial charge on any atom is 0.229 e. The second-order valence-electron chi connectivity index (χ2n) is 6.73. The topological polar surface area (TPSA) is 63.6 Å². The fraction of sp³-hybridized carbons (Fsp3) is 0.421. The number of pyridine rings is 1. The standard InChI is InChI=1S/C19H22N4O2/c1-12-16(22-9-5-4-8-17(22)20-12)11-18(24)23-10-6-7-15(23)19-13(2)21-25-14(19)3/h4-5,8-9,15H,6-7,10-11H2,1-3H3/t15-/m1/s1. The van der Waals surface area contributed by atoms with Crippen molar-refractivity contribution in [2.75, 3.05) is 6.54 Å². The highest BCUT2D eigenvalue weighted by molar-refractivity contribution is 5.80. The number of aromatic nitrogens is 3. The second-order valence-corrected chi connectivity index (χ2v) is 6.73. The maximum atomic E-state index is 13.1. The van der Waals surface area contributed by atoms with E-state index in [9.17, 15) is 4.79 Å². The van der Waals surface area contributed by atoms with E-state index in [4.69, 9.17) is 4.52 Å². The molecule has 0 radical (unpaired) electrons. The molecule has 4 rings (SSSR count). The summed E-state index contributed by atoms with van der Waals surface area (Å²) in [4.78, 5) is 19.6. The molecule has 0 aliphatic carbocycles. The number of hydrogen-bond acceptors (Lipinski definition) is 4. The van der Waals surface area contributed by atoms with Crippen LogP contribution in [-0.2, 0) is 11.2 Å². The molecule has 3 aromatic rings. The van der Waals surface area contributed by atoms with E-state index >= 15 is 0 Å². The number of aryl methyl sites for hydroxylation is 3. The summed E-state index contributed by atoms with van der Waals surface area (Å²) in [5, 5.41) is 4.06. The molecule has 1 amide bonds. The molecule has 6 heteroatoms. The van der Waals surface area contributed by atoms with Crippen LogP contribution in [0.5, 0.6) is 0 Å². The number of amides is 1. The van der Waals surface area contributed by atoms with Crippen LogP contribution >= 0.6 is 0 Å². The number of rotatable bonds is 3. The molecule has 1 aliphatic rings. The molecule has 1 saturated heterocycles. The van der Waals surface area contributed by atoms with Gasteiger partial charge in [-0.25, -0.2) is 4.98 Å². The first-order valence-corrected chi connectivity index (χ1v) is 8.71. The van der Waals surface area contributed by atoms with Crippen LogP contribution in [0.15, 0.2) is 28.9 Å². The third-order valence-electron chi connectivity index (χ3n) is 5.14. The summed E-state index contributed by atoms with van der Waals surface area (Å²) in [7, 11) is 0. The molecule has 130 valence electrons. The first-order valence-electron chi connectivity index (χ1n) is 8.71. The monoisotopic (exact) mass is 338 g/mol. The molecule has 0 spiro atoms. The SMILES string of the molecule is Cc1noc(C)c1[C@H]1CCCN1C(=O)Cc1c(C)nc2ccccn12. The smallest absolute Gasteiger partial charge is 0.229 e. The molecule has 1 atom stereocenters. The molecular formula is C19H22N4O2. The molecule has 0 aromatic carbocycles. The summed E-state index contributed by atoms with van der Waals surface area (Å²) in [6.45, 7) is 6.61. The van der Waals surface area contributed by atoms with Gasteiger partial charge in [-0.3, -0.25) is 4.79 Å². The zero-order chi connectivity index (χ0) is 17.6. The molecule has 0 unspecified atom stereocenters. The van der Waals surface area contributed by atoms with Crippen LogP contribution in [0.3, 0.4) is 0 Å². The quantitative estimate of drug-likeness (QED) is 0.736. The molecule has 6 nitrogen and oxygen atoms in total. The molecule has 0 saturated carbocycles. The number of carbonyl (C=O) groups is 1. The average molecular weight is 338 g/mol. The Morgan fingerprint density at radius 1 is 1.28 bits per heavy atom. The third kappa shape index (κ3) is 2.62. The summed E-state index contributed by atoms with van der Waals surface area (Å²) in [5.41, 5.74) is 4.71. The normalized spacial score (nSPS) is 17.6. The van der Waals surface area contributed by atoms with Crippen molar-refractivity contribution < 1.29 is 9.32 Å². The second kappa shape index (κ2) is 6.02. The number of carbonyl (C=O) groups excluding carboxylic acids is 1. The number of imidazole rings is 1. The Morgan fingerprint density at radius 3 is 2.88 bits per heavy atom. The van der Waals surface area contributed by atoms with Gasteiger partial charge in [0.25, 0.3) is 0 Å². The van der Waals surface area contributed by atoms with Crippen molar-refractivity contribution in [1.29, 1.82) is 0 Å². The predicted octanol–water partition coefficient (Wildman–Crippen LogP) is 3.15. The van der Waals surface area contributed by atoms with E-state index in [2.05, 4.69) is 10.1 Å². The van der Waals surface area contributed by atoms with E-state index in [1.54, 1.807) is 0 Å². The molecule has 3 aromatic heterocycles. The van der Waals surface area contributed by atoms with Crippen LogP contribution in [0, 0.1) is 20.8 Å². The Kier molecular flexibility index (Phi) is 3.82. The van der Waals surface area contributed by atoms with Gasteiger partial charge < -0.3 is 13.8 Å². The van der Waals surface area contributed by atoms with E-state index in [-0.39, 0.29) is 11.9 Å². The lowest BCUT2D eigenvalue weighted by Crippen LogP contribution is -2.32. The summed E-state index contributed by atoms with van der Waals surface area (Å²) in [6, 6.07) is 5.95. The van der Waals surface area contributed by atoms with Crippen LogP contribution in [0.1, 0.15) is 47.3 Å². The van der Waals surface area contributed by atoms with Crippen molar-refractivity contribution >= 4 is 11.6 Å². The van der Waals surface area contributed by atoms with E-state index in [1.807, 2.05) is 54.5 Å². The fourth-order valence-corrected chi connectivity index (χ4v) is 3.95. The molecular weight excluding hydrogens is 316 g/mol. The first-order chi connectivity index (χ1) is 12.1. The van der Waals surface area contributed by atoms with Crippen molar-refractivity contribution in [2.24, 2.45) is 0 Å². The third-order valence-corrected chi connectivity index (χ3v) is 5.14. The van der Waals surface area contributed by atoms with Gasteiger partial charge in [0, 0.05) is 18.3 Å². The van der Waals surface area contributed by atoms with Crippen LogP contribution in [0.4, 0.5) is 0 Å². The van der Waals surface area contributed by atoms with Gasteiger partial charge in [0.05, 0.1) is 29.5 Å². The highest BCUT2D eigenvalue weighted by Crippen LogP contribution is 2.36. The van der Waals surface area contributed by atoms with Crippen LogP contribution < -0.4 is 0 Å². The highest BCUT2D eigenvalue weighted by atomic mass is 16.5. The van der Waals surface area contributed by atoms with Crippen LogP contribution in [0.25, 0.3) is 5.65 Å². The number of nitrogens with zero attached hydrogens (tertiary/aromatic N) is 4. The lowest BCUT2D eigenvalue weighted by molar-refractivity contribution is -0.131. The van der Waals surface area contributed by atoms with Gasteiger partial charge >= 0.3 is 0 Å². The van der Waals surface area contributed by atoms with Gasteiger partial charge in [-0.2, -0.15) is 0 Å². The summed E-state index contributed by atoms with van der Waals surface area (Å²) >= 11 is 0. The summed E-state index contributed by atoms with van der Waals surface area (Å²) in [5.74, 6) is 0.949. The van der Waals surface area contributed by atoms with E-state index in [0.29, 0.717) is 6.42 Å². The predicted molar refractivity (Wildman–Crippen MR) is 93.3 cm³/mol. The van der Waals surface area contributed by atoms with Gasteiger partial charge in [-0.1, -0.05) is 11.2 Å². The lowest BCUT2D eigenvalue weighted by atomic mass is 10.0. The lowest BCUT2D eigenvalue weighted by Gasteiger charge is -2.25. The minimum Gasteiger partial charge on any atom is -0.361 e.